The molecule has 2 aromatic rings. The zero-order valence-corrected chi connectivity index (χ0v) is 12.5. The molecule has 0 radical (unpaired) electrons. The number of halogens is 3. The summed E-state index contributed by atoms with van der Waals surface area (Å²) in [5, 5.41) is 5.66. The molecule has 1 aromatic carbocycles. The van der Waals surface area contributed by atoms with Gasteiger partial charge in [-0.05, 0) is 25.1 Å². The number of aryl methyl sites for hydroxylation is 1. The molecule has 2 rings (SSSR count). The molecule has 0 bridgehead atoms. The van der Waals surface area contributed by atoms with Crippen molar-refractivity contribution in [2.24, 2.45) is 0 Å². The Morgan fingerprint density at radius 3 is 2.57 bits per heavy atom. The zero-order valence-electron chi connectivity index (χ0n) is 11.7. The summed E-state index contributed by atoms with van der Waals surface area (Å²) in [5.41, 5.74) is -0.633. The van der Waals surface area contributed by atoms with E-state index in [0.717, 1.165) is 18.2 Å². The summed E-state index contributed by atoms with van der Waals surface area (Å²) in [5.74, 6) is -2.01. The maximum absolute atomic E-state index is 12.6. The number of aromatic nitrogens is 1. The first-order valence-electron chi connectivity index (χ1n) is 6.21. The Morgan fingerprint density at radius 1 is 1.30 bits per heavy atom. The zero-order chi connectivity index (χ0) is 17.3. The lowest BCUT2D eigenvalue weighted by atomic mass is 10.2. The van der Waals surface area contributed by atoms with E-state index in [2.05, 4.69) is 10.5 Å². The Bertz CT molecular complexity index is 828. The second kappa shape index (κ2) is 6.03. The molecule has 1 amide bonds. The van der Waals surface area contributed by atoms with E-state index in [4.69, 9.17) is 4.52 Å². The number of carbonyl (C=O) groups is 1. The molecule has 0 saturated carbocycles. The number of nitrogens with zero attached hydrogens (tertiary/aromatic N) is 1. The highest BCUT2D eigenvalue weighted by molar-refractivity contribution is 7.92. The van der Waals surface area contributed by atoms with Crippen molar-refractivity contribution in [2.75, 3.05) is 11.1 Å². The van der Waals surface area contributed by atoms with Gasteiger partial charge in [0.05, 0.1) is 16.2 Å². The van der Waals surface area contributed by atoms with Crippen LogP contribution in [-0.2, 0) is 20.8 Å². The lowest BCUT2D eigenvalue weighted by Gasteiger charge is -2.09. The number of rotatable bonds is 4. The third-order valence-electron chi connectivity index (χ3n) is 2.73. The van der Waals surface area contributed by atoms with Gasteiger partial charge in [-0.3, -0.25) is 10.1 Å². The smallest absolute Gasteiger partial charge is 0.338 e. The molecule has 0 fully saturated rings. The van der Waals surface area contributed by atoms with Crippen LogP contribution in [0.4, 0.5) is 19.1 Å². The highest BCUT2D eigenvalue weighted by Gasteiger charge is 2.32. The van der Waals surface area contributed by atoms with Gasteiger partial charge in [0.1, 0.15) is 5.75 Å². The van der Waals surface area contributed by atoms with Crippen molar-refractivity contribution in [3.8, 4) is 0 Å². The van der Waals surface area contributed by atoms with E-state index in [0.29, 0.717) is 11.8 Å². The molecule has 23 heavy (non-hydrogen) atoms. The Hall–Kier alpha value is -2.36. The number of amides is 1. The maximum Gasteiger partial charge on any atom is 0.416 e. The van der Waals surface area contributed by atoms with Gasteiger partial charge < -0.3 is 4.52 Å². The predicted octanol–water partition coefficient (Wildman–Crippen LogP) is 2.41. The number of nitrogens with one attached hydrogen (secondary N) is 1. The van der Waals surface area contributed by atoms with Crippen LogP contribution in [0.25, 0.3) is 0 Å². The minimum Gasteiger partial charge on any atom is -0.338 e. The Kier molecular flexibility index (Phi) is 4.46. The van der Waals surface area contributed by atoms with Crippen LogP contribution in [0.15, 0.2) is 39.8 Å². The number of alkyl halides is 3. The molecule has 0 aliphatic heterocycles. The van der Waals surface area contributed by atoms with Crippen LogP contribution in [0, 0.1) is 6.92 Å². The van der Waals surface area contributed by atoms with E-state index in [9.17, 15) is 26.4 Å². The number of hydrogen-bond acceptors (Lipinski definition) is 5. The first-order valence-corrected chi connectivity index (χ1v) is 7.86. The number of hydrogen-bond donors (Lipinski definition) is 1. The topological polar surface area (TPSA) is 89.3 Å². The van der Waals surface area contributed by atoms with Gasteiger partial charge in [0.25, 0.3) is 0 Å². The molecule has 6 nitrogen and oxygen atoms in total. The molecular formula is C13H11F3N2O4S. The van der Waals surface area contributed by atoms with Crippen LogP contribution >= 0.6 is 0 Å². The molecule has 124 valence electrons. The van der Waals surface area contributed by atoms with Crippen molar-refractivity contribution in [1.29, 1.82) is 0 Å². The highest BCUT2D eigenvalue weighted by Crippen LogP contribution is 2.30. The first-order chi connectivity index (χ1) is 10.6. The van der Waals surface area contributed by atoms with E-state index in [1.54, 1.807) is 6.92 Å². The van der Waals surface area contributed by atoms with Crippen molar-refractivity contribution in [3.63, 3.8) is 0 Å². The molecule has 0 unspecified atom stereocenters. The largest absolute Gasteiger partial charge is 0.416 e. The van der Waals surface area contributed by atoms with Gasteiger partial charge in [-0.15, -0.1) is 0 Å². The third-order valence-corrected chi connectivity index (χ3v) is 4.35. The third kappa shape index (κ3) is 4.31. The summed E-state index contributed by atoms with van der Waals surface area (Å²) in [6.07, 6.45) is -4.68. The molecule has 0 aliphatic rings. The summed E-state index contributed by atoms with van der Waals surface area (Å²) in [7, 11) is -4.23. The number of carbonyl (C=O) groups excluding carboxylic acids is 1. The van der Waals surface area contributed by atoms with E-state index in [-0.39, 0.29) is 5.88 Å². The van der Waals surface area contributed by atoms with Gasteiger partial charge >= 0.3 is 6.18 Å². The van der Waals surface area contributed by atoms with Crippen LogP contribution in [0.2, 0.25) is 0 Å². The van der Waals surface area contributed by atoms with Gasteiger partial charge in [0.2, 0.25) is 11.8 Å². The van der Waals surface area contributed by atoms with E-state index >= 15 is 0 Å². The normalized spacial score (nSPS) is 12.2. The summed E-state index contributed by atoms with van der Waals surface area (Å²) in [4.78, 5) is 11.1. The summed E-state index contributed by atoms with van der Waals surface area (Å²) in [6.45, 7) is 1.60. The van der Waals surface area contributed by atoms with Crippen LogP contribution in [0.3, 0.4) is 0 Å². The average molecular weight is 348 g/mol. The molecule has 1 N–H and O–H groups in total. The Balaban J connectivity index is 2.17. The van der Waals surface area contributed by atoms with Crippen LogP contribution in [0.1, 0.15) is 11.3 Å². The summed E-state index contributed by atoms with van der Waals surface area (Å²) < 4.78 is 66.6. The minimum atomic E-state index is -4.68. The van der Waals surface area contributed by atoms with Gasteiger partial charge in [-0.25, -0.2) is 8.42 Å². The Labute approximate surface area is 129 Å². The van der Waals surface area contributed by atoms with Crippen LogP contribution in [-0.4, -0.2) is 25.2 Å². The summed E-state index contributed by atoms with van der Waals surface area (Å²) >= 11 is 0. The SMILES string of the molecule is Cc1cc(NC(=O)CS(=O)(=O)c2cccc(C(F)(F)F)c2)on1. The van der Waals surface area contributed by atoms with Crippen molar-refractivity contribution in [1.82, 2.24) is 5.16 Å². The monoisotopic (exact) mass is 348 g/mol. The molecule has 1 heterocycles. The lowest BCUT2D eigenvalue weighted by Crippen LogP contribution is -2.23. The van der Waals surface area contributed by atoms with Gasteiger partial charge in [-0.2, -0.15) is 13.2 Å². The molecule has 0 aliphatic carbocycles. The number of anilines is 1. The fourth-order valence-corrected chi connectivity index (χ4v) is 2.89. The summed E-state index contributed by atoms with van der Waals surface area (Å²) in [6, 6.07) is 4.57. The quantitative estimate of drug-likeness (QED) is 0.916. The second-order valence-electron chi connectivity index (χ2n) is 4.67. The predicted molar refractivity (Wildman–Crippen MR) is 73.4 cm³/mol. The van der Waals surface area contributed by atoms with Crippen molar-refractivity contribution in [3.05, 3.63) is 41.6 Å². The standard InChI is InChI=1S/C13H11F3N2O4S/c1-8-5-12(22-18-8)17-11(19)7-23(20,21)10-4-2-3-9(6-10)13(14,15)16/h2-6H,7H2,1H3,(H,17,19). The van der Waals surface area contributed by atoms with Gasteiger partial charge in [0, 0.05) is 6.07 Å². The molecule has 1 aromatic heterocycles. The van der Waals surface area contributed by atoms with Crippen molar-refractivity contribution < 1.29 is 30.9 Å². The van der Waals surface area contributed by atoms with E-state index in [1.165, 1.54) is 6.07 Å². The fourth-order valence-electron chi connectivity index (χ4n) is 1.72. The maximum atomic E-state index is 12.6. The van der Waals surface area contributed by atoms with E-state index in [1.807, 2.05) is 0 Å². The van der Waals surface area contributed by atoms with Crippen LogP contribution < -0.4 is 5.32 Å². The van der Waals surface area contributed by atoms with Crippen molar-refractivity contribution in [2.45, 2.75) is 18.0 Å². The molecular weight excluding hydrogens is 337 g/mol. The van der Waals surface area contributed by atoms with Gasteiger partial charge in [-0.1, -0.05) is 11.2 Å². The average Bonchev–Trinajstić information content (AvgIpc) is 2.82. The molecule has 10 heteroatoms. The second-order valence-corrected chi connectivity index (χ2v) is 6.65. The molecule has 0 atom stereocenters. The first kappa shape index (κ1) is 17.0. The highest BCUT2D eigenvalue weighted by atomic mass is 32.2. The number of benzene rings is 1. The minimum absolute atomic E-state index is 0.0493. The van der Waals surface area contributed by atoms with Gasteiger partial charge in [0.15, 0.2) is 9.84 Å². The Morgan fingerprint density at radius 2 is 2.00 bits per heavy atom. The molecule has 0 spiro atoms. The lowest BCUT2D eigenvalue weighted by molar-refractivity contribution is -0.137. The fraction of sp³-hybridized carbons (Fsp3) is 0.231. The van der Waals surface area contributed by atoms with Crippen molar-refractivity contribution >= 4 is 21.6 Å². The molecule has 0 saturated heterocycles. The number of sulfone groups is 1. The van der Waals surface area contributed by atoms with Crippen LogP contribution in [0.5, 0.6) is 0 Å². The van der Waals surface area contributed by atoms with E-state index < -0.39 is 38.1 Å².